The minimum Gasteiger partial charge on any atom is -0.397 e. The third-order valence-corrected chi connectivity index (χ3v) is 2.96. The zero-order valence-corrected chi connectivity index (χ0v) is 9.63. The van der Waals surface area contributed by atoms with E-state index >= 15 is 0 Å². The normalized spacial score (nSPS) is 28.5. The molecule has 2 nitrogen and oxygen atoms in total. The molecular weight excluding hydrogens is 178 g/mol. The fourth-order valence-corrected chi connectivity index (χ4v) is 2.90. The van der Waals surface area contributed by atoms with E-state index in [-0.39, 0.29) is 0 Å². The second-order valence-corrected chi connectivity index (χ2v) is 8.94. The fourth-order valence-electron chi connectivity index (χ4n) is 1.59. The predicted octanol–water partition coefficient (Wildman–Crippen LogP) is 2.84. The first-order chi connectivity index (χ1) is 5.97. The van der Waals surface area contributed by atoms with Crippen LogP contribution in [-0.4, -0.2) is 13.9 Å². The molecule has 0 amide bonds. The van der Waals surface area contributed by atoms with Gasteiger partial charge in [-0.1, -0.05) is 6.08 Å². The monoisotopic (exact) mass is 195 g/mol. The summed E-state index contributed by atoms with van der Waals surface area (Å²) in [6, 6.07) is 2.30. The lowest BCUT2D eigenvalue weighted by atomic mass is 9.93. The van der Waals surface area contributed by atoms with Crippen molar-refractivity contribution in [2.75, 3.05) is 0 Å². The molecule has 0 aromatic carbocycles. The van der Waals surface area contributed by atoms with Crippen LogP contribution in [0.4, 0.5) is 0 Å². The fraction of sp³-hybridized carbons (Fsp3) is 0.700. The molecule has 1 aliphatic carbocycles. The number of nitrogens with zero attached hydrogens (tertiary/aromatic N) is 1. The van der Waals surface area contributed by atoms with Gasteiger partial charge in [-0.05, 0) is 45.0 Å². The van der Waals surface area contributed by atoms with Gasteiger partial charge in [-0.15, -0.1) is 0 Å². The molecule has 1 aliphatic rings. The molecule has 1 unspecified atom stereocenters. The van der Waals surface area contributed by atoms with Crippen molar-refractivity contribution in [2.24, 2.45) is 0 Å². The highest BCUT2D eigenvalue weighted by molar-refractivity contribution is 6.69. The summed E-state index contributed by atoms with van der Waals surface area (Å²) in [6.45, 7) is 6.36. The van der Waals surface area contributed by atoms with Gasteiger partial charge in [0.2, 0.25) is 0 Å². The Bertz CT molecular complexity index is 249. The summed E-state index contributed by atoms with van der Waals surface area (Å²) in [5.74, 6) is 0. The standard InChI is InChI=1S/C10H17NOSi/c1-13(2,3)12-10(9-11)7-5-4-6-8-10/h5,7H,4,6,8H2,1-3H3. The Morgan fingerprint density at radius 1 is 1.46 bits per heavy atom. The number of allylic oxidation sites excluding steroid dienone is 1. The first-order valence-corrected chi connectivity index (χ1v) is 8.17. The van der Waals surface area contributed by atoms with Crippen molar-refractivity contribution in [2.45, 2.75) is 44.5 Å². The van der Waals surface area contributed by atoms with Crippen LogP contribution in [0.3, 0.4) is 0 Å². The smallest absolute Gasteiger partial charge is 0.186 e. The summed E-state index contributed by atoms with van der Waals surface area (Å²) in [7, 11) is -1.61. The zero-order chi connectivity index (χ0) is 9.95. The third-order valence-electron chi connectivity index (χ3n) is 1.98. The van der Waals surface area contributed by atoms with Crippen LogP contribution in [0.5, 0.6) is 0 Å². The average molecular weight is 195 g/mol. The first kappa shape index (κ1) is 10.5. The molecule has 0 aliphatic heterocycles. The van der Waals surface area contributed by atoms with Gasteiger partial charge in [0.1, 0.15) is 6.07 Å². The molecular formula is C10H17NOSi. The van der Waals surface area contributed by atoms with Crippen molar-refractivity contribution >= 4 is 8.32 Å². The van der Waals surface area contributed by atoms with Gasteiger partial charge in [-0.2, -0.15) is 5.26 Å². The lowest BCUT2D eigenvalue weighted by Gasteiger charge is -2.33. The molecule has 0 aromatic rings. The Morgan fingerprint density at radius 3 is 2.54 bits per heavy atom. The topological polar surface area (TPSA) is 33.0 Å². The second-order valence-electron chi connectivity index (χ2n) is 4.51. The van der Waals surface area contributed by atoms with Gasteiger partial charge in [0.25, 0.3) is 0 Å². The van der Waals surface area contributed by atoms with Crippen LogP contribution in [0, 0.1) is 11.3 Å². The molecule has 0 saturated carbocycles. The Labute approximate surface area is 81.3 Å². The summed E-state index contributed by atoms with van der Waals surface area (Å²) in [5, 5.41) is 9.10. The van der Waals surface area contributed by atoms with Crippen LogP contribution in [0.1, 0.15) is 19.3 Å². The largest absolute Gasteiger partial charge is 0.397 e. The molecule has 0 spiro atoms. The molecule has 0 heterocycles. The molecule has 0 N–H and O–H groups in total. The Morgan fingerprint density at radius 2 is 2.15 bits per heavy atom. The van der Waals surface area contributed by atoms with Gasteiger partial charge in [-0.3, -0.25) is 0 Å². The minimum absolute atomic E-state index is 0.608. The van der Waals surface area contributed by atoms with Gasteiger partial charge < -0.3 is 4.43 Å². The molecule has 0 fully saturated rings. The van der Waals surface area contributed by atoms with Crippen LogP contribution in [0.2, 0.25) is 19.6 Å². The van der Waals surface area contributed by atoms with E-state index in [1.54, 1.807) is 0 Å². The minimum atomic E-state index is -1.61. The van der Waals surface area contributed by atoms with Gasteiger partial charge >= 0.3 is 0 Å². The molecule has 0 bridgehead atoms. The highest BCUT2D eigenvalue weighted by atomic mass is 28.4. The van der Waals surface area contributed by atoms with Crippen molar-refractivity contribution < 1.29 is 4.43 Å². The molecule has 0 saturated heterocycles. The summed E-state index contributed by atoms with van der Waals surface area (Å²) in [5.41, 5.74) is -0.608. The van der Waals surface area contributed by atoms with E-state index in [1.165, 1.54) is 0 Å². The van der Waals surface area contributed by atoms with Gasteiger partial charge in [0, 0.05) is 0 Å². The average Bonchev–Trinajstić information content (AvgIpc) is 2.03. The van der Waals surface area contributed by atoms with Crippen molar-refractivity contribution in [3.8, 4) is 6.07 Å². The maximum Gasteiger partial charge on any atom is 0.186 e. The number of hydrogen-bond acceptors (Lipinski definition) is 2. The van der Waals surface area contributed by atoms with E-state index in [4.69, 9.17) is 9.69 Å². The lowest BCUT2D eigenvalue weighted by Crippen LogP contribution is -2.41. The van der Waals surface area contributed by atoms with Crippen molar-refractivity contribution in [1.29, 1.82) is 5.26 Å². The molecule has 3 heteroatoms. The Kier molecular flexibility index (Phi) is 2.94. The highest BCUT2D eigenvalue weighted by Crippen LogP contribution is 2.28. The van der Waals surface area contributed by atoms with Crippen LogP contribution >= 0.6 is 0 Å². The maximum atomic E-state index is 9.10. The van der Waals surface area contributed by atoms with Gasteiger partial charge in [-0.25, -0.2) is 0 Å². The van der Waals surface area contributed by atoms with E-state index in [9.17, 15) is 0 Å². The Hall–Kier alpha value is -0.593. The van der Waals surface area contributed by atoms with Crippen LogP contribution in [0.25, 0.3) is 0 Å². The molecule has 13 heavy (non-hydrogen) atoms. The third kappa shape index (κ3) is 2.98. The van der Waals surface area contributed by atoms with E-state index in [2.05, 4.69) is 31.8 Å². The van der Waals surface area contributed by atoms with Crippen molar-refractivity contribution in [3.63, 3.8) is 0 Å². The van der Waals surface area contributed by atoms with E-state index in [0.29, 0.717) is 0 Å². The quantitative estimate of drug-likeness (QED) is 0.501. The van der Waals surface area contributed by atoms with E-state index in [1.807, 2.05) is 6.08 Å². The molecule has 1 atom stereocenters. The second kappa shape index (κ2) is 3.65. The van der Waals surface area contributed by atoms with E-state index < -0.39 is 13.9 Å². The molecule has 72 valence electrons. The van der Waals surface area contributed by atoms with Gasteiger partial charge in [0.15, 0.2) is 13.9 Å². The Balaban J connectivity index is 2.77. The maximum absolute atomic E-state index is 9.10. The lowest BCUT2D eigenvalue weighted by molar-refractivity contribution is 0.152. The summed E-state index contributed by atoms with van der Waals surface area (Å²) < 4.78 is 5.91. The molecule has 0 aromatic heterocycles. The van der Waals surface area contributed by atoms with Gasteiger partial charge in [0.05, 0.1) is 0 Å². The first-order valence-electron chi connectivity index (χ1n) is 4.77. The summed E-state index contributed by atoms with van der Waals surface area (Å²) in [6.07, 6.45) is 7.00. The van der Waals surface area contributed by atoms with Crippen molar-refractivity contribution in [1.82, 2.24) is 0 Å². The van der Waals surface area contributed by atoms with Crippen LogP contribution < -0.4 is 0 Å². The zero-order valence-electron chi connectivity index (χ0n) is 8.63. The highest BCUT2D eigenvalue weighted by Gasteiger charge is 2.34. The van der Waals surface area contributed by atoms with Crippen molar-refractivity contribution in [3.05, 3.63) is 12.2 Å². The van der Waals surface area contributed by atoms with Crippen LogP contribution in [0.15, 0.2) is 12.2 Å². The summed E-state index contributed by atoms with van der Waals surface area (Å²) in [4.78, 5) is 0. The molecule has 0 radical (unpaired) electrons. The molecule has 1 rings (SSSR count). The number of hydrogen-bond donors (Lipinski definition) is 0. The number of rotatable bonds is 2. The van der Waals surface area contributed by atoms with E-state index in [0.717, 1.165) is 19.3 Å². The SMILES string of the molecule is C[Si](C)(C)OC1(C#N)C=CCCC1. The number of nitriles is 1. The van der Waals surface area contributed by atoms with Crippen LogP contribution in [-0.2, 0) is 4.43 Å². The summed E-state index contributed by atoms with van der Waals surface area (Å²) >= 11 is 0. The predicted molar refractivity (Wildman–Crippen MR) is 55.8 cm³/mol.